The zero-order chi connectivity index (χ0) is 24.8. The van der Waals surface area contributed by atoms with Crippen molar-refractivity contribution in [3.8, 4) is 34.9 Å². The van der Waals surface area contributed by atoms with Gasteiger partial charge >= 0.3 is 0 Å². The van der Waals surface area contributed by atoms with E-state index in [-0.39, 0.29) is 20.1 Å². The number of hydrogen-bond acceptors (Lipinski definition) is 4. The largest absolute Gasteiger partial charge is 0.340 e. The first-order valence-corrected chi connectivity index (χ1v) is 11.0. The van der Waals surface area contributed by atoms with Crippen molar-refractivity contribution in [2.24, 2.45) is 0 Å². The van der Waals surface area contributed by atoms with Gasteiger partial charge in [-0.05, 0) is 49.2 Å². The summed E-state index contributed by atoms with van der Waals surface area (Å²) >= 11 is 0. The van der Waals surface area contributed by atoms with E-state index in [4.69, 9.17) is 10.5 Å². The second-order valence-corrected chi connectivity index (χ2v) is 7.98. The zero-order valence-electron chi connectivity index (χ0n) is 20.0. The van der Waals surface area contributed by atoms with Gasteiger partial charge in [0.25, 0.3) is 0 Å². The smallest absolute Gasteiger partial charge is 0.162 e. The van der Waals surface area contributed by atoms with E-state index >= 15 is 0 Å². The average molecular weight is 647 g/mol. The molecule has 0 fully saturated rings. The molecule has 1 radical (unpaired) electrons. The Balaban J connectivity index is 0.000000221. The summed E-state index contributed by atoms with van der Waals surface area (Å²) in [5, 5.41) is 21.7. The van der Waals surface area contributed by atoms with Crippen LogP contribution < -0.4 is 0 Å². The van der Waals surface area contributed by atoms with Crippen molar-refractivity contribution in [1.82, 2.24) is 19.3 Å². The Morgan fingerprint density at radius 2 is 1.64 bits per heavy atom. The number of para-hydroxylation sites is 1. The summed E-state index contributed by atoms with van der Waals surface area (Å²) in [5.41, 5.74) is 7.47. The Bertz CT molecular complexity index is 1530. The Labute approximate surface area is 224 Å². The molecule has 2 heterocycles. The van der Waals surface area contributed by atoms with Gasteiger partial charge in [0.1, 0.15) is 6.07 Å². The van der Waals surface area contributed by atoms with Crippen molar-refractivity contribution in [3.63, 3.8) is 0 Å². The number of nitriles is 2. The molecule has 7 heteroatoms. The van der Waals surface area contributed by atoms with Gasteiger partial charge in [0.15, 0.2) is 5.69 Å². The third-order valence-corrected chi connectivity index (χ3v) is 5.33. The monoisotopic (exact) mass is 647 g/mol. The molecule has 3 aromatic carbocycles. The van der Waals surface area contributed by atoms with Crippen molar-refractivity contribution in [2.75, 3.05) is 0 Å². The summed E-state index contributed by atoms with van der Waals surface area (Å²) in [5.74, 6) is 0.798. The van der Waals surface area contributed by atoms with Crippen molar-refractivity contribution in [3.05, 3.63) is 119 Å². The maximum Gasteiger partial charge on any atom is 0.162 e. The SMILES string of the molecule is Cc1cc(C)c(-n2ccnc2-c2[c-]ccc(C#N)c2)c(C)c1.N#Cc1ccn(-c2[c-]cccc2)n1.[Ir]. The number of imidazole rings is 1. The predicted octanol–water partition coefficient (Wildman–Crippen LogP) is 5.68. The van der Waals surface area contributed by atoms with Gasteiger partial charge in [0.2, 0.25) is 0 Å². The molecule has 0 aliphatic carbocycles. The standard InChI is InChI=1S/C19H16N3.C10H6N3.Ir/c1-13-9-14(2)18(15(3)10-13)22-8-7-21-19(22)17-6-4-5-16(11-17)12-20;11-8-9-6-7-13(12-9)10-4-2-1-3-5-10;/h4-5,7-11H,1-3H3;1-4,6-7H;/q2*-1;. The average Bonchev–Trinajstić information content (AvgIpc) is 3.55. The number of aryl methyl sites for hydroxylation is 3. The summed E-state index contributed by atoms with van der Waals surface area (Å²) < 4.78 is 3.69. The Kier molecular flexibility index (Phi) is 8.71. The van der Waals surface area contributed by atoms with Crippen LogP contribution in [0.5, 0.6) is 0 Å². The van der Waals surface area contributed by atoms with Crippen LogP contribution in [0.4, 0.5) is 0 Å². The van der Waals surface area contributed by atoms with Crippen molar-refractivity contribution >= 4 is 0 Å². The molecule has 0 saturated carbocycles. The summed E-state index contributed by atoms with van der Waals surface area (Å²) in [6, 6.07) is 29.1. The van der Waals surface area contributed by atoms with Gasteiger partial charge in [-0.1, -0.05) is 17.7 Å². The molecule has 0 bridgehead atoms. The molecular formula is C29H22IrN6-2. The van der Waals surface area contributed by atoms with Gasteiger partial charge < -0.3 is 4.57 Å². The number of hydrogen-bond donors (Lipinski definition) is 0. The van der Waals surface area contributed by atoms with E-state index in [2.05, 4.69) is 65.8 Å². The molecule has 0 amide bonds. The van der Waals surface area contributed by atoms with Gasteiger partial charge in [-0.15, -0.1) is 35.9 Å². The maximum absolute atomic E-state index is 9.07. The normalized spacial score (nSPS) is 9.81. The molecule has 0 unspecified atom stereocenters. The van der Waals surface area contributed by atoms with Gasteiger partial charge in [0, 0.05) is 44.4 Å². The molecule has 0 N–H and O–H groups in total. The van der Waals surface area contributed by atoms with E-state index in [0.717, 1.165) is 22.8 Å². The van der Waals surface area contributed by atoms with Crippen molar-refractivity contribution < 1.29 is 20.1 Å². The molecular weight excluding hydrogens is 625 g/mol. The second kappa shape index (κ2) is 11.9. The van der Waals surface area contributed by atoms with Crippen LogP contribution in [0.3, 0.4) is 0 Å². The fourth-order valence-corrected chi connectivity index (χ4v) is 3.94. The minimum atomic E-state index is 0. The molecule has 5 rings (SSSR count). The molecule has 0 atom stereocenters. The van der Waals surface area contributed by atoms with Crippen LogP contribution in [0.15, 0.2) is 79.3 Å². The van der Waals surface area contributed by atoms with Gasteiger partial charge in [-0.3, -0.25) is 9.67 Å². The quantitative estimate of drug-likeness (QED) is 0.236. The first-order valence-electron chi connectivity index (χ1n) is 11.0. The number of benzene rings is 3. The first-order chi connectivity index (χ1) is 17.0. The fraction of sp³-hybridized carbons (Fsp3) is 0.103. The van der Waals surface area contributed by atoms with Gasteiger partial charge in [0.05, 0.1) is 11.9 Å². The number of rotatable bonds is 3. The molecule has 0 saturated heterocycles. The second-order valence-electron chi connectivity index (χ2n) is 7.98. The fourth-order valence-electron chi connectivity index (χ4n) is 3.94. The Morgan fingerprint density at radius 3 is 2.28 bits per heavy atom. The van der Waals surface area contributed by atoms with Crippen LogP contribution in [0.2, 0.25) is 0 Å². The van der Waals surface area contributed by atoms with Crippen LogP contribution in [-0.2, 0) is 20.1 Å². The van der Waals surface area contributed by atoms with Gasteiger partial charge in [-0.25, -0.2) is 0 Å². The molecule has 2 aromatic heterocycles. The van der Waals surface area contributed by atoms with E-state index in [1.54, 1.807) is 35.3 Å². The third kappa shape index (κ3) is 5.85. The van der Waals surface area contributed by atoms with E-state index in [0.29, 0.717) is 11.3 Å². The van der Waals surface area contributed by atoms with Crippen LogP contribution in [0, 0.1) is 55.6 Å². The summed E-state index contributed by atoms with van der Waals surface area (Å²) in [7, 11) is 0. The number of nitrogens with zero attached hydrogens (tertiary/aromatic N) is 6. The topological polar surface area (TPSA) is 83.2 Å². The minimum Gasteiger partial charge on any atom is -0.340 e. The van der Waals surface area contributed by atoms with Crippen molar-refractivity contribution in [2.45, 2.75) is 20.8 Å². The zero-order valence-corrected chi connectivity index (χ0v) is 22.4. The maximum atomic E-state index is 9.07. The van der Waals surface area contributed by atoms with Gasteiger partial charge in [-0.2, -0.15) is 39.9 Å². The van der Waals surface area contributed by atoms with E-state index in [1.807, 2.05) is 42.6 Å². The molecule has 6 nitrogen and oxygen atoms in total. The third-order valence-electron chi connectivity index (χ3n) is 5.33. The molecule has 179 valence electrons. The molecule has 0 aliphatic heterocycles. The van der Waals surface area contributed by atoms with Crippen LogP contribution in [0.25, 0.3) is 22.8 Å². The van der Waals surface area contributed by atoms with Crippen LogP contribution >= 0.6 is 0 Å². The van der Waals surface area contributed by atoms with E-state index in [1.165, 1.54) is 16.7 Å². The molecule has 0 aliphatic rings. The molecule has 0 spiro atoms. The molecule has 36 heavy (non-hydrogen) atoms. The molecule has 5 aromatic rings. The summed E-state index contributed by atoms with van der Waals surface area (Å²) in [6.45, 7) is 6.31. The summed E-state index contributed by atoms with van der Waals surface area (Å²) in [6.07, 6.45) is 5.47. The predicted molar refractivity (Wildman–Crippen MR) is 134 cm³/mol. The number of aromatic nitrogens is 4. The first kappa shape index (κ1) is 26.3. The Hall–Kier alpha value is -4.29. The van der Waals surface area contributed by atoms with Crippen LogP contribution in [0.1, 0.15) is 27.9 Å². The minimum absolute atomic E-state index is 0. The van der Waals surface area contributed by atoms with Crippen molar-refractivity contribution in [1.29, 1.82) is 10.5 Å². The summed E-state index contributed by atoms with van der Waals surface area (Å²) in [4.78, 5) is 4.47. The van der Waals surface area contributed by atoms with E-state index in [9.17, 15) is 0 Å². The van der Waals surface area contributed by atoms with Crippen LogP contribution in [-0.4, -0.2) is 19.3 Å². The van der Waals surface area contributed by atoms with E-state index < -0.39 is 0 Å². The Morgan fingerprint density at radius 1 is 0.861 bits per heavy atom.